The minimum Gasteiger partial charge on any atom is -0.0736 e. The Hall–Kier alpha value is -1.50. The second-order valence-corrected chi connectivity index (χ2v) is 7.37. The highest BCUT2D eigenvalue weighted by Gasteiger charge is 2.23. The van der Waals surface area contributed by atoms with E-state index in [-0.39, 0.29) is 0 Å². The van der Waals surface area contributed by atoms with Gasteiger partial charge in [-0.3, -0.25) is 0 Å². The predicted molar refractivity (Wildman–Crippen MR) is 101 cm³/mol. The summed E-state index contributed by atoms with van der Waals surface area (Å²) >= 11 is 0. The van der Waals surface area contributed by atoms with Crippen molar-refractivity contribution in [2.45, 2.75) is 59.2 Å². The Morgan fingerprint density at radius 1 is 0.636 bits per heavy atom. The second kappa shape index (κ2) is 7.18. The summed E-state index contributed by atoms with van der Waals surface area (Å²) in [5.41, 5.74) is 5.76. The lowest BCUT2D eigenvalue weighted by molar-refractivity contribution is 0.867. The lowest BCUT2D eigenvalue weighted by Gasteiger charge is -2.21. The van der Waals surface area contributed by atoms with Gasteiger partial charge < -0.3 is 0 Å². The number of benzene rings is 2. The zero-order chi connectivity index (χ0) is 16.3. The van der Waals surface area contributed by atoms with Crippen LogP contribution in [0.25, 0.3) is 0 Å². The van der Waals surface area contributed by atoms with Gasteiger partial charge in [0.05, 0.1) is 0 Å². The topological polar surface area (TPSA) is 0 Å². The van der Waals surface area contributed by atoms with Crippen LogP contribution in [0.3, 0.4) is 0 Å². The Kier molecular flexibility index (Phi) is 5.50. The summed E-state index contributed by atoms with van der Waals surface area (Å²) in [6.45, 7) is 14.2. The normalized spacial score (nSPS) is 11.5. The molecule has 0 amide bonds. The number of hydrogen-bond acceptors (Lipinski definition) is 0. The molecule has 2 aromatic carbocycles. The van der Waals surface area contributed by atoms with Crippen molar-refractivity contribution in [1.29, 1.82) is 0 Å². The van der Waals surface area contributed by atoms with E-state index in [1.165, 1.54) is 22.1 Å². The first-order chi connectivity index (χ1) is 10.4. The molecule has 1 heteroatoms. The molecule has 22 heavy (non-hydrogen) atoms. The van der Waals surface area contributed by atoms with Gasteiger partial charge in [-0.1, -0.05) is 107 Å². The molecule has 0 heterocycles. The fraction of sp³-hybridized carbons (Fsp3) is 0.429. The van der Waals surface area contributed by atoms with Gasteiger partial charge in [-0.25, -0.2) is 0 Å². The zero-order valence-corrected chi connectivity index (χ0v) is 14.9. The Balaban J connectivity index is 2.47. The highest BCUT2D eigenvalue weighted by molar-refractivity contribution is 6.86. The van der Waals surface area contributed by atoms with Gasteiger partial charge in [0.15, 0.2) is 0 Å². The molecule has 0 nitrogen and oxygen atoms in total. The fourth-order valence-corrected chi connectivity index (χ4v) is 3.19. The van der Waals surface area contributed by atoms with Gasteiger partial charge in [-0.05, 0) is 23.0 Å². The second-order valence-electron chi connectivity index (χ2n) is 7.37. The van der Waals surface area contributed by atoms with E-state index in [4.69, 9.17) is 0 Å². The Morgan fingerprint density at radius 2 is 1.05 bits per heavy atom. The standard InChI is InChI=1S/C21H29B/c1-15(2)18-9-7-11-20(13-18)22(17(5)6)21-12-8-10-19(14-21)16(3)4/h7-17H,1-6H3. The molecular formula is C21H29B. The summed E-state index contributed by atoms with van der Waals surface area (Å²) in [5, 5.41) is 0. The van der Waals surface area contributed by atoms with Crippen LogP contribution in [0.5, 0.6) is 0 Å². The lowest BCUT2D eigenvalue weighted by Crippen LogP contribution is -2.44. The van der Waals surface area contributed by atoms with Crippen LogP contribution < -0.4 is 10.9 Å². The molecule has 0 saturated heterocycles. The average Bonchev–Trinajstić information content (AvgIpc) is 2.47. The molecule has 2 aromatic rings. The summed E-state index contributed by atoms with van der Waals surface area (Å²) in [7, 11) is 0. The largest absolute Gasteiger partial charge is 0.211 e. The highest BCUT2D eigenvalue weighted by Crippen LogP contribution is 2.17. The fourth-order valence-electron chi connectivity index (χ4n) is 3.19. The molecule has 0 aromatic heterocycles. The molecular weight excluding hydrogens is 263 g/mol. The third-order valence-corrected chi connectivity index (χ3v) is 4.54. The highest BCUT2D eigenvalue weighted by atomic mass is 14.1. The maximum Gasteiger partial charge on any atom is 0.211 e. The van der Waals surface area contributed by atoms with E-state index in [0.717, 1.165) is 0 Å². The van der Waals surface area contributed by atoms with Crippen LogP contribution >= 0.6 is 0 Å². The van der Waals surface area contributed by atoms with Crippen LogP contribution in [-0.2, 0) is 0 Å². The molecule has 0 saturated carbocycles. The monoisotopic (exact) mass is 292 g/mol. The van der Waals surface area contributed by atoms with E-state index in [0.29, 0.717) is 24.4 Å². The Labute approximate surface area is 137 Å². The molecule has 0 unspecified atom stereocenters. The van der Waals surface area contributed by atoms with Crippen LogP contribution in [0, 0.1) is 0 Å². The minimum atomic E-state index is 0.470. The Morgan fingerprint density at radius 3 is 1.36 bits per heavy atom. The minimum absolute atomic E-state index is 0.470. The first-order valence-corrected chi connectivity index (χ1v) is 8.59. The first-order valence-electron chi connectivity index (χ1n) is 8.59. The van der Waals surface area contributed by atoms with Crippen LogP contribution in [0.15, 0.2) is 48.5 Å². The molecule has 116 valence electrons. The number of rotatable bonds is 5. The molecule has 0 aliphatic rings. The van der Waals surface area contributed by atoms with Crippen molar-refractivity contribution in [3.63, 3.8) is 0 Å². The lowest BCUT2D eigenvalue weighted by atomic mass is 9.34. The maximum absolute atomic E-state index is 2.40. The molecule has 0 N–H and O–H groups in total. The van der Waals surface area contributed by atoms with Gasteiger partial charge in [0.2, 0.25) is 6.71 Å². The van der Waals surface area contributed by atoms with E-state index in [1.807, 2.05) is 0 Å². The van der Waals surface area contributed by atoms with Crippen molar-refractivity contribution in [3.8, 4) is 0 Å². The van der Waals surface area contributed by atoms with E-state index in [9.17, 15) is 0 Å². The third-order valence-electron chi connectivity index (χ3n) is 4.54. The van der Waals surface area contributed by atoms with Gasteiger partial charge in [0, 0.05) is 0 Å². The van der Waals surface area contributed by atoms with Crippen molar-refractivity contribution in [3.05, 3.63) is 59.7 Å². The van der Waals surface area contributed by atoms with Crippen molar-refractivity contribution >= 4 is 17.6 Å². The van der Waals surface area contributed by atoms with E-state index >= 15 is 0 Å². The van der Waals surface area contributed by atoms with Gasteiger partial charge in [0.1, 0.15) is 0 Å². The van der Waals surface area contributed by atoms with E-state index < -0.39 is 0 Å². The summed E-state index contributed by atoms with van der Waals surface area (Å²) in [5.74, 6) is 1.74. The first kappa shape index (κ1) is 16.9. The maximum atomic E-state index is 2.40. The van der Waals surface area contributed by atoms with Gasteiger partial charge in [-0.15, -0.1) is 0 Å². The van der Waals surface area contributed by atoms with Gasteiger partial charge in [-0.2, -0.15) is 0 Å². The summed E-state index contributed by atoms with van der Waals surface area (Å²) in [4.78, 5) is 0. The van der Waals surface area contributed by atoms with Crippen molar-refractivity contribution < 1.29 is 0 Å². The molecule has 0 fully saturated rings. The van der Waals surface area contributed by atoms with Gasteiger partial charge in [0.25, 0.3) is 0 Å². The molecule has 0 radical (unpaired) electrons. The average molecular weight is 292 g/mol. The van der Waals surface area contributed by atoms with Crippen LogP contribution in [0.4, 0.5) is 0 Å². The van der Waals surface area contributed by atoms with Crippen molar-refractivity contribution in [2.75, 3.05) is 0 Å². The molecule has 0 spiro atoms. The quantitative estimate of drug-likeness (QED) is 0.684. The smallest absolute Gasteiger partial charge is 0.0736 e. The van der Waals surface area contributed by atoms with Crippen LogP contribution in [0.2, 0.25) is 5.82 Å². The van der Waals surface area contributed by atoms with Crippen LogP contribution in [-0.4, -0.2) is 6.71 Å². The predicted octanol–water partition coefficient (Wildman–Crippen LogP) is 4.95. The van der Waals surface area contributed by atoms with E-state index in [2.05, 4.69) is 90.1 Å². The molecule has 2 rings (SSSR count). The number of hydrogen-bond donors (Lipinski definition) is 0. The van der Waals surface area contributed by atoms with Crippen molar-refractivity contribution in [2.24, 2.45) is 0 Å². The van der Waals surface area contributed by atoms with Gasteiger partial charge >= 0.3 is 0 Å². The Bertz CT molecular complexity index is 559. The van der Waals surface area contributed by atoms with Crippen molar-refractivity contribution in [1.82, 2.24) is 0 Å². The van der Waals surface area contributed by atoms with Crippen LogP contribution in [0.1, 0.15) is 64.5 Å². The zero-order valence-electron chi connectivity index (χ0n) is 14.9. The summed E-state index contributed by atoms with van der Waals surface area (Å²) in [6.07, 6.45) is 0. The SMILES string of the molecule is CC(C)B(c1cccc(C(C)C)c1)c1cccc(C(C)C)c1. The molecule has 0 aliphatic carbocycles. The third kappa shape index (κ3) is 3.82. The molecule has 0 bridgehead atoms. The summed E-state index contributed by atoms with van der Waals surface area (Å²) < 4.78 is 0. The van der Waals surface area contributed by atoms with E-state index in [1.54, 1.807) is 0 Å². The molecule has 0 aliphatic heterocycles. The summed E-state index contributed by atoms with van der Waals surface area (Å²) in [6, 6.07) is 18.3. The molecule has 0 atom stereocenters.